The molecular weight excluding hydrogens is 849 g/mol. The maximum absolute atomic E-state index is 12.7. The van der Waals surface area contributed by atoms with Gasteiger partial charge < -0.3 is 58.1 Å². The summed E-state index contributed by atoms with van der Waals surface area (Å²) < 4.78 is 52.7. The van der Waals surface area contributed by atoms with E-state index in [1.807, 2.05) is 80.6 Å². The van der Waals surface area contributed by atoms with Crippen molar-refractivity contribution in [2.24, 2.45) is 17.8 Å². The largest absolute Gasteiger partial charge is 0.497 e. The summed E-state index contributed by atoms with van der Waals surface area (Å²) in [4.78, 5) is 47.6. The highest BCUT2D eigenvalue weighted by molar-refractivity contribution is 5.81. The summed E-state index contributed by atoms with van der Waals surface area (Å²) in [6.07, 6.45) is 1.60. The first-order valence-electron chi connectivity index (χ1n) is 23.0. The molecule has 6 unspecified atom stereocenters. The standard InChI is InChI=1S/C51H72N2O13/c1-36(54)16-25-48(57)64-33-41(34-65-51(42-14-9-8-10-15-42,43-17-21-45(58-6)22-18-43)44-19-23-46(59-7)24-20-44)13-11-12-26-52-27-28-60-29-30-61-31-32-62-50-49(53-39(4)55)38(3)37(2)47(66-50)35-63-40(5)56/h8-10,14-15,17-24,37-38,41,47,49-50,52H,11-13,16,25-35H2,1-7H3,(H,53,55). The van der Waals surface area contributed by atoms with Gasteiger partial charge >= 0.3 is 11.9 Å². The Morgan fingerprint density at radius 2 is 1.29 bits per heavy atom. The zero-order valence-electron chi connectivity index (χ0n) is 39.9. The molecule has 15 nitrogen and oxygen atoms in total. The quantitative estimate of drug-likeness (QED) is 0.0411. The minimum atomic E-state index is -1.02. The van der Waals surface area contributed by atoms with Crippen LogP contribution in [0.2, 0.25) is 0 Å². The second-order valence-corrected chi connectivity index (χ2v) is 16.7. The van der Waals surface area contributed by atoms with Crippen molar-refractivity contribution in [3.8, 4) is 11.5 Å². The maximum Gasteiger partial charge on any atom is 0.306 e. The van der Waals surface area contributed by atoms with Gasteiger partial charge in [0, 0.05) is 32.7 Å². The van der Waals surface area contributed by atoms with Crippen LogP contribution >= 0.6 is 0 Å². The Morgan fingerprint density at radius 3 is 1.88 bits per heavy atom. The van der Waals surface area contributed by atoms with Crippen LogP contribution in [0.5, 0.6) is 11.5 Å². The molecule has 0 spiro atoms. The first-order chi connectivity index (χ1) is 31.9. The average Bonchev–Trinajstić information content (AvgIpc) is 3.32. The molecule has 364 valence electrons. The molecule has 6 atom stereocenters. The highest BCUT2D eigenvalue weighted by Crippen LogP contribution is 2.42. The summed E-state index contributed by atoms with van der Waals surface area (Å²) in [7, 11) is 3.27. The number of carbonyl (C=O) groups is 4. The van der Waals surface area contributed by atoms with E-state index in [9.17, 15) is 19.2 Å². The number of methoxy groups -OCH3 is 2. The van der Waals surface area contributed by atoms with E-state index < -0.39 is 17.9 Å². The summed E-state index contributed by atoms with van der Waals surface area (Å²) in [5.41, 5.74) is 1.73. The SMILES string of the molecule is COc1ccc(C(OCC(CCCCNCCOCCOCCOC2OC(COC(C)=O)C(C)C(C)C2NC(C)=O)COC(=O)CCC(C)=O)(c2ccccc2)c2ccc(OC)cc2)cc1. The van der Waals surface area contributed by atoms with Crippen molar-refractivity contribution in [3.63, 3.8) is 0 Å². The number of hydrogen-bond acceptors (Lipinski definition) is 14. The van der Waals surface area contributed by atoms with Crippen LogP contribution in [0.4, 0.5) is 0 Å². The number of nitrogens with one attached hydrogen (secondary N) is 2. The summed E-state index contributed by atoms with van der Waals surface area (Å²) >= 11 is 0. The van der Waals surface area contributed by atoms with Gasteiger partial charge in [0.1, 0.15) is 29.5 Å². The number of unbranched alkanes of at least 4 members (excludes halogenated alkanes) is 1. The number of benzene rings is 3. The van der Waals surface area contributed by atoms with Gasteiger partial charge in [-0.15, -0.1) is 0 Å². The van der Waals surface area contributed by atoms with Crippen molar-refractivity contribution in [1.82, 2.24) is 10.6 Å². The Balaban J connectivity index is 1.25. The molecule has 0 saturated carbocycles. The van der Waals surface area contributed by atoms with E-state index in [1.165, 1.54) is 20.8 Å². The second kappa shape index (κ2) is 29.0. The number of rotatable bonds is 31. The predicted molar refractivity (Wildman–Crippen MR) is 248 cm³/mol. The van der Waals surface area contributed by atoms with Crippen LogP contribution in [0.3, 0.4) is 0 Å². The number of carbonyl (C=O) groups excluding carboxylic acids is 4. The van der Waals surface area contributed by atoms with Gasteiger partial charge in [-0.3, -0.25) is 14.4 Å². The number of Topliss-reactive ketones (excluding diaryl/α,β-unsaturated/α-hetero) is 1. The summed E-state index contributed by atoms with van der Waals surface area (Å²) in [5.74, 6) is 0.348. The van der Waals surface area contributed by atoms with Gasteiger partial charge in [0.25, 0.3) is 0 Å². The number of ketones is 1. The van der Waals surface area contributed by atoms with Crippen LogP contribution in [0.25, 0.3) is 0 Å². The Morgan fingerprint density at radius 1 is 0.682 bits per heavy atom. The van der Waals surface area contributed by atoms with Crippen LogP contribution in [0, 0.1) is 17.8 Å². The summed E-state index contributed by atoms with van der Waals surface area (Å²) in [6, 6.07) is 25.4. The van der Waals surface area contributed by atoms with E-state index >= 15 is 0 Å². The molecule has 0 aliphatic carbocycles. The highest BCUT2D eigenvalue weighted by Gasteiger charge is 2.43. The third kappa shape index (κ3) is 17.4. The van der Waals surface area contributed by atoms with E-state index in [-0.39, 0.29) is 86.8 Å². The molecule has 3 aromatic rings. The van der Waals surface area contributed by atoms with Crippen molar-refractivity contribution in [3.05, 3.63) is 95.6 Å². The molecule has 4 rings (SSSR count). The third-order valence-electron chi connectivity index (χ3n) is 11.8. The fraction of sp³-hybridized carbons (Fsp3) is 0.569. The normalized spacial score (nSPS) is 18.8. The molecule has 0 aromatic heterocycles. The zero-order chi connectivity index (χ0) is 47.7. The first kappa shape index (κ1) is 53.7. The lowest BCUT2D eigenvalue weighted by atomic mass is 9.79. The van der Waals surface area contributed by atoms with Crippen LogP contribution in [0.15, 0.2) is 78.9 Å². The molecule has 1 heterocycles. The van der Waals surface area contributed by atoms with Gasteiger partial charge in [0.15, 0.2) is 6.29 Å². The number of hydrogen-bond donors (Lipinski definition) is 2. The molecule has 66 heavy (non-hydrogen) atoms. The highest BCUT2D eigenvalue weighted by atomic mass is 16.7. The molecule has 3 aromatic carbocycles. The van der Waals surface area contributed by atoms with E-state index in [2.05, 4.69) is 22.8 Å². The fourth-order valence-electron chi connectivity index (χ4n) is 7.85. The minimum Gasteiger partial charge on any atom is -0.497 e. The smallest absolute Gasteiger partial charge is 0.306 e. The second-order valence-electron chi connectivity index (χ2n) is 16.7. The Labute approximate surface area is 390 Å². The maximum atomic E-state index is 12.7. The van der Waals surface area contributed by atoms with E-state index in [4.69, 9.17) is 42.6 Å². The van der Waals surface area contributed by atoms with E-state index in [0.29, 0.717) is 33.0 Å². The lowest BCUT2D eigenvalue weighted by molar-refractivity contribution is -0.247. The lowest BCUT2D eigenvalue weighted by Crippen LogP contribution is -2.58. The first-order valence-corrected chi connectivity index (χ1v) is 23.0. The number of amides is 1. The predicted octanol–water partition coefficient (Wildman–Crippen LogP) is 6.42. The van der Waals surface area contributed by atoms with Crippen molar-refractivity contribution in [2.45, 2.75) is 90.8 Å². The average molecular weight is 921 g/mol. The van der Waals surface area contributed by atoms with Crippen molar-refractivity contribution in [1.29, 1.82) is 0 Å². The molecule has 1 aliphatic heterocycles. The molecule has 2 N–H and O–H groups in total. The van der Waals surface area contributed by atoms with Crippen LogP contribution < -0.4 is 20.1 Å². The molecule has 0 radical (unpaired) electrons. The van der Waals surface area contributed by atoms with E-state index in [1.54, 1.807) is 14.2 Å². The van der Waals surface area contributed by atoms with Gasteiger partial charge in [-0.25, -0.2) is 0 Å². The van der Waals surface area contributed by atoms with Crippen LogP contribution in [-0.4, -0.2) is 122 Å². The van der Waals surface area contributed by atoms with E-state index in [0.717, 1.165) is 54.0 Å². The number of esters is 2. The topological polar surface area (TPSA) is 175 Å². The lowest BCUT2D eigenvalue weighted by Gasteiger charge is -2.44. The van der Waals surface area contributed by atoms with Crippen molar-refractivity contribution >= 4 is 23.6 Å². The Bertz CT molecular complexity index is 1830. The summed E-state index contributed by atoms with van der Waals surface area (Å²) in [5, 5.41) is 6.39. The zero-order valence-corrected chi connectivity index (χ0v) is 39.9. The third-order valence-corrected chi connectivity index (χ3v) is 11.8. The monoisotopic (exact) mass is 921 g/mol. The van der Waals surface area contributed by atoms with Crippen LogP contribution in [0.1, 0.15) is 83.4 Å². The van der Waals surface area contributed by atoms with Crippen molar-refractivity contribution < 1.29 is 61.8 Å². The molecule has 1 saturated heterocycles. The fourth-order valence-corrected chi connectivity index (χ4v) is 7.85. The van der Waals surface area contributed by atoms with Gasteiger partial charge in [-0.05, 0) is 79.1 Å². The molecule has 15 heteroatoms. The molecule has 1 amide bonds. The minimum absolute atomic E-state index is 0.0259. The molecule has 1 aliphatic rings. The van der Waals surface area contributed by atoms with Gasteiger partial charge in [-0.1, -0.05) is 74.9 Å². The van der Waals surface area contributed by atoms with Gasteiger partial charge in [-0.2, -0.15) is 0 Å². The molecule has 1 fully saturated rings. The summed E-state index contributed by atoms with van der Waals surface area (Å²) in [6.45, 7) is 12.2. The number of ether oxygens (including phenoxy) is 9. The van der Waals surface area contributed by atoms with Gasteiger partial charge in [0.05, 0.1) is 79.0 Å². The Hall–Kier alpha value is -4.90. The van der Waals surface area contributed by atoms with Crippen molar-refractivity contribution in [2.75, 3.05) is 80.2 Å². The molecule has 0 bridgehead atoms. The Kier molecular flexibility index (Phi) is 23.6. The van der Waals surface area contributed by atoms with Crippen LogP contribution in [-0.2, 0) is 57.9 Å². The molecular formula is C51H72N2O13. The van der Waals surface area contributed by atoms with Gasteiger partial charge in [0.2, 0.25) is 5.91 Å².